The average Bonchev–Trinajstić information content (AvgIpc) is 4.03. The number of hydrogen-bond donors (Lipinski definition) is 0. The molecule has 0 N–H and O–H groups in total. The summed E-state index contributed by atoms with van der Waals surface area (Å²) in [4.78, 5) is 0. The highest BCUT2D eigenvalue weighted by Crippen LogP contribution is 2.46. The molecule has 0 saturated heterocycles. The van der Waals surface area contributed by atoms with Gasteiger partial charge in [-0.1, -0.05) is 103 Å². The molecule has 0 saturated carbocycles. The van der Waals surface area contributed by atoms with Crippen LogP contribution < -0.4 is 15.4 Å². The minimum absolute atomic E-state index is 0.120. The Hall–Kier alpha value is -7.56. The number of hydrogen-bond acceptors (Lipinski definition) is 2. The molecule has 1 atom stereocenters. The number of furan rings is 1. The van der Waals surface area contributed by atoms with Gasteiger partial charge in [-0.25, -0.2) is 0 Å². The fraction of sp³-hybridized carbons (Fsp3) is 0.0370. The molecule has 13 rings (SSSR count). The summed E-state index contributed by atoms with van der Waals surface area (Å²) in [5.41, 5.74) is 14.8. The Morgan fingerprint density at radius 2 is 1.00 bits per heavy atom. The standard InChI is InChI=1S/C54H34N2O2/c1-2-12-37(13-3-1)55-48-20-9-6-17-41(48)43-30-34(21-25-49(43)55)35-22-26-50-44(31-35)42-24-28-52-53(54(42)58-50)45-32-36(23-27-51(45)57-52)33-11-10-14-38(29-33)56-46-18-7-4-15-39(46)40-16-5-8-19-47(40)56/h1-23,25-32,42H,24H2. The maximum Gasteiger partial charge on any atom is 0.135 e. The van der Waals surface area contributed by atoms with Gasteiger partial charge < -0.3 is 18.3 Å². The van der Waals surface area contributed by atoms with Crippen LogP contribution in [0.5, 0.6) is 5.75 Å². The van der Waals surface area contributed by atoms with Crippen LogP contribution in [0, 0.1) is 0 Å². The summed E-state index contributed by atoms with van der Waals surface area (Å²) >= 11 is 0. The zero-order valence-electron chi connectivity index (χ0n) is 31.4. The van der Waals surface area contributed by atoms with Crippen LogP contribution in [0.4, 0.5) is 0 Å². The number of benzene rings is 8. The zero-order chi connectivity index (χ0) is 37.9. The molecule has 2 aliphatic rings. The molecule has 3 aromatic heterocycles. The van der Waals surface area contributed by atoms with E-state index in [2.05, 4.69) is 197 Å². The van der Waals surface area contributed by atoms with Crippen molar-refractivity contribution >= 4 is 66.4 Å². The number of nitrogens with zero attached hydrogens (tertiary/aromatic N) is 2. The Labute approximate surface area is 333 Å². The lowest BCUT2D eigenvalue weighted by Gasteiger charge is -2.12. The minimum Gasteiger partial charge on any atom is -0.460 e. The Balaban J connectivity index is 0.904. The van der Waals surface area contributed by atoms with Gasteiger partial charge in [0.05, 0.1) is 33.2 Å². The van der Waals surface area contributed by atoms with Crippen molar-refractivity contribution in [1.82, 2.24) is 9.13 Å². The summed E-state index contributed by atoms with van der Waals surface area (Å²) in [5, 5.41) is 7.17. The largest absolute Gasteiger partial charge is 0.460 e. The number of para-hydroxylation sites is 4. The van der Waals surface area contributed by atoms with E-state index in [1.54, 1.807) is 0 Å². The minimum atomic E-state index is 0.120. The Kier molecular flexibility index (Phi) is 6.53. The first-order valence-corrected chi connectivity index (χ1v) is 20.0. The Morgan fingerprint density at radius 3 is 1.76 bits per heavy atom. The van der Waals surface area contributed by atoms with E-state index < -0.39 is 0 Å². The van der Waals surface area contributed by atoms with Gasteiger partial charge in [0.25, 0.3) is 0 Å². The molecule has 4 heteroatoms. The summed E-state index contributed by atoms with van der Waals surface area (Å²) in [5.74, 6) is 2.03. The second-order valence-corrected chi connectivity index (χ2v) is 15.6. The van der Waals surface area contributed by atoms with Gasteiger partial charge in [0.2, 0.25) is 0 Å². The van der Waals surface area contributed by atoms with Gasteiger partial charge in [-0.2, -0.15) is 0 Å². The van der Waals surface area contributed by atoms with E-state index in [1.807, 2.05) is 0 Å². The molecule has 1 aliphatic heterocycles. The summed E-state index contributed by atoms with van der Waals surface area (Å²) in [7, 11) is 0. The number of aromatic nitrogens is 2. The number of rotatable bonds is 4. The predicted octanol–water partition coefficient (Wildman–Crippen LogP) is 12.4. The summed E-state index contributed by atoms with van der Waals surface area (Å²) in [6.07, 6.45) is 3.08. The normalized spacial score (nSPS) is 14.6. The molecule has 1 unspecified atom stereocenters. The lowest BCUT2D eigenvalue weighted by Crippen LogP contribution is -2.29. The van der Waals surface area contributed by atoms with Crippen molar-refractivity contribution in [2.75, 3.05) is 0 Å². The molecule has 4 heterocycles. The van der Waals surface area contributed by atoms with Crippen molar-refractivity contribution in [3.05, 3.63) is 198 Å². The maximum absolute atomic E-state index is 6.80. The highest BCUT2D eigenvalue weighted by atomic mass is 16.5. The fourth-order valence-electron chi connectivity index (χ4n) is 9.84. The summed E-state index contributed by atoms with van der Waals surface area (Å²) in [6.45, 7) is 0. The third-order valence-corrected chi connectivity index (χ3v) is 12.5. The van der Waals surface area contributed by atoms with E-state index in [9.17, 15) is 0 Å². The topological polar surface area (TPSA) is 32.2 Å². The van der Waals surface area contributed by atoms with Crippen LogP contribution >= 0.6 is 0 Å². The van der Waals surface area contributed by atoms with Crippen LogP contribution in [-0.2, 0) is 0 Å². The van der Waals surface area contributed by atoms with Crippen LogP contribution in [0.3, 0.4) is 0 Å². The molecule has 8 aromatic carbocycles. The predicted molar refractivity (Wildman–Crippen MR) is 237 cm³/mol. The maximum atomic E-state index is 6.80. The lowest BCUT2D eigenvalue weighted by molar-refractivity contribution is 0.501. The highest BCUT2D eigenvalue weighted by Gasteiger charge is 2.33. The third-order valence-electron chi connectivity index (χ3n) is 12.5. The van der Waals surface area contributed by atoms with Crippen molar-refractivity contribution in [3.8, 4) is 39.4 Å². The lowest BCUT2D eigenvalue weighted by atomic mass is 9.89. The van der Waals surface area contributed by atoms with Gasteiger partial charge >= 0.3 is 0 Å². The Bertz CT molecular complexity index is 3590. The van der Waals surface area contributed by atoms with E-state index in [4.69, 9.17) is 9.15 Å². The van der Waals surface area contributed by atoms with Crippen LogP contribution in [0.15, 0.2) is 186 Å². The molecule has 58 heavy (non-hydrogen) atoms. The quantitative estimate of drug-likeness (QED) is 0.180. The molecule has 272 valence electrons. The SMILES string of the molecule is C1=c2oc3ccc(-c4cccc(-n5c6ccccc6c6ccccc65)c4)cc3c2=C2Oc3ccc(-c4ccc5c(c4)c4ccccc4n5-c4ccccc4)cc3C2C1. The molecule has 0 spiro atoms. The molecule has 0 bridgehead atoms. The molecular weight excluding hydrogens is 709 g/mol. The molecule has 0 radical (unpaired) electrons. The zero-order valence-corrected chi connectivity index (χ0v) is 31.4. The summed E-state index contributed by atoms with van der Waals surface area (Å²) in [6, 6.07) is 65.7. The van der Waals surface area contributed by atoms with Gasteiger partial charge in [0, 0.05) is 43.9 Å². The van der Waals surface area contributed by atoms with Crippen molar-refractivity contribution in [2.45, 2.75) is 12.3 Å². The van der Waals surface area contributed by atoms with Gasteiger partial charge in [-0.15, -0.1) is 0 Å². The van der Waals surface area contributed by atoms with Crippen LogP contribution in [-0.4, -0.2) is 9.13 Å². The van der Waals surface area contributed by atoms with Gasteiger partial charge in [-0.05, 0) is 114 Å². The number of fused-ring (bicyclic) bond motifs is 12. The molecular formula is C54H34N2O2. The monoisotopic (exact) mass is 742 g/mol. The third kappa shape index (κ3) is 4.51. The van der Waals surface area contributed by atoms with Crippen LogP contribution in [0.2, 0.25) is 0 Å². The smallest absolute Gasteiger partial charge is 0.135 e. The van der Waals surface area contributed by atoms with Crippen LogP contribution in [0.25, 0.3) is 100 Å². The molecule has 0 amide bonds. The molecule has 0 fully saturated rings. The second kappa shape index (κ2) is 12.0. The Morgan fingerprint density at radius 1 is 0.431 bits per heavy atom. The first-order valence-electron chi connectivity index (χ1n) is 20.0. The van der Waals surface area contributed by atoms with E-state index in [0.29, 0.717) is 0 Å². The van der Waals surface area contributed by atoms with Crippen molar-refractivity contribution < 1.29 is 9.15 Å². The van der Waals surface area contributed by atoms with Crippen molar-refractivity contribution in [2.24, 2.45) is 0 Å². The van der Waals surface area contributed by atoms with Gasteiger partial charge in [0.15, 0.2) is 0 Å². The van der Waals surface area contributed by atoms with Crippen molar-refractivity contribution in [1.29, 1.82) is 0 Å². The van der Waals surface area contributed by atoms with E-state index in [0.717, 1.165) is 56.3 Å². The highest BCUT2D eigenvalue weighted by molar-refractivity contribution is 6.11. The molecule has 1 aliphatic carbocycles. The fourth-order valence-corrected chi connectivity index (χ4v) is 9.84. The number of ether oxygens (including phenoxy) is 1. The van der Waals surface area contributed by atoms with E-state index in [1.165, 1.54) is 66.0 Å². The van der Waals surface area contributed by atoms with Crippen LogP contribution in [0.1, 0.15) is 17.9 Å². The second-order valence-electron chi connectivity index (χ2n) is 15.6. The summed E-state index contributed by atoms with van der Waals surface area (Å²) < 4.78 is 18.0. The van der Waals surface area contributed by atoms with Gasteiger partial charge in [-0.3, -0.25) is 0 Å². The van der Waals surface area contributed by atoms with Gasteiger partial charge in [0.1, 0.15) is 22.5 Å². The van der Waals surface area contributed by atoms with E-state index in [-0.39, 0.29) is 5.92 Å². The average molecular weight is 743 g/mol. The first-order chi connectivity index (χ1) is 28.7. The molecule has 4 nitrogen and oxygen atoms in total. The van der Waals surface area contributed by atoms with Crippen molar-refractivity contribution in [3.63, 3.8) is 0 Å². The first kappa shape index (κ1) is 31.6. The van der Waals surface area contributed by atoms with E-state index >= 15 is 0 Å². The molecule has 11 aromatic rings.